The van der Waals surface area contributed by atoms with Crippen molar-refractivity contribution in [1.29, 1.82) is 0 Å². The summed E-state index contributed by atoms with van der Waals surface area (Å²) in [6.07, 6.45) is 0.109. The van der Waals surface area contributed by atoms with E-state index in [0.29, 0.717) is 25.1 Å². The third-order valence-electron chi connectivity index (χ3n) is 5.02. The van der Waals surface area contributed by atoms with Crippen LogP contribution in [0.3, 0.4) is 0 Å². The number of fused-ring (bicyclic) bond motifs is 1. The normalized spacial score (nSPS) is 24.4. The van der Waals surface area contributed by atoms with Crippen molar-refractivity contribution >= 4 is 11.9 Å². The first-order valence-electron chi connectivity index (χ1n) is 9.06. The monoisotopic (exact) mass is 367 g/mol. The molecule has 2 saturated heterocycles. The van der Waals surface area contributed by atoms with Gasteiger partial charge in [-0.15, -0.1) is 0 Å². The van der Waals surface area contributed by atoms with Gasteiger partial charge in [0.1, 0.15) is 12.7 Å². The number of hydrogen-bond donors (Lipinski definition) is 0. The van der Waals surface area contributed by atoms with Crippen molar-refractivity contribution in [3.05, 3.63) is 71.8 Å². The Morgan fingerprint density at radius 3 is 2.52 bits per heavy atom. The SMILES string of the molecule is O=C1C[C@H]2[C@H](CN(OCc3ccccc3)[C@@H]2COC(=O)c2ccccc2)O1. The molecule has 140 valence electrons. The van der Waals surface area contributed by atoms with Crippen molar-refractivity contribution in [2.75, 3.05) is 13.2 Å². The minimum Gasteiger partial charge on any atom is -0.461 e. The van der Waals surface area contributed by atoms with Crippen LogP contribution in [0.15, 0.2) is 60.7 Å². The van der Waals surface area contributed by atoms with Crippen molar-refractivity contribution in [3.63, 3.8) is 0 Å². The molecule has 0 radical (unpaired) electrons. The summed E-state index contributed by atoms with van der Waals surface area (Å²) in [7, 11) is 0. The molecule has 0 bridgehead atoms. The van der Waals surface area contributed by atoms with Crippen molar-refractivity contribution < 1.29 is 23.9 Å². The van der Waals surface area contributed by atoms with Gasteiger partial charge in [-0.25, -0.2) is 4.79 Å². The van der Waals surface area contributed by atoms with Crippen molar-refractivity contribution in [3.8, 4) is 0 Å². The molecule has 0 aliphatic carbocycles. The number of carbonyl (C=O) groups excluding carboxylic acids is 2. The second kappa shape index (κ2) is 7.90. The zero-order chi connectivity index (χ0) is 18.6. The van der Waals surface area contributed by atoms with Crippen molar-refractivity contribution in [1.82, 2.24) is 5.06 Å². The van der Waals surface area contributed by atoms with E-state index in [4.69, 9.17) is 14.3 Å². The molecular formula is C21H21NO5. The van der Waals surface area contributed by atoms with Crippen LogP contribution in [0.25, 0.3) is 0 Å². The summed E-state index contributed by atoms with van der Waals surface area (Å²) in [6.45, 7) is 1.05. The van der Waals surface area contributed by atoms with E-state index < -0.39 is 0 Å². The Balaban J connectivity index is 1.41. The topological polar surface area (TPSA) is 65.1 Å². The lowest BCUT2D eigenvalue weighted by atomic mass is 9.98. The zero-order valence-electron chi connectivity index (χ0n) is 14.8. The summed E-state index contributed by atoms with van der Waals surface area (Å²) >= 11 is 0. The van der Waals surface area contributed by atoms with Crippen LogP contribution >= 0.6 is 0 Å². The van der Waals surface area contributed by atoms with Gasteiger partial charge in [-0.2, -0.15) is 5.06 Å². The lowest BCUT2D eigenvalue weighted by Gasteiger charge is -2.25. The van der Waals surface area contributed by atoms with Gasteiger partial charge in [0, 0.05) is 5.92 Å². The molecule has 3 atom stereocenters. The van der Waals surface area contributed by atoms with Gasteiger partial charge >= 0.3 is 11.9 Å². The highest BCUT2D eigenvalue weighted by Gasteiger charge is 2.50. The van der Waals surface area contributed by atoms with Gasteiger partial charge in [0.25, 0.3) is 0 Å². The van der Waals surface area contributed by atoms with Gasteiger partial charge in [0.2, 0.25) is 0 Å². The van der Waals surface area contributed by atoms with E-state index >= 15 is 0 Å². The molecule has 2 aromatic carbocycles. The molecule has 0 N–H and O–H groups in total. The van der Waals surface area contributed by atoms with Crippen LogP contribution in [0.5, 0.6) is 0 Å². The first-order valence-corrected chi connectivity index (χ1v) is 9.06. The number of carbonyl (C=O) groups is 2. The molecule has 2 aliphatic rings. The second-order valence-electron chi connectivity index (χ2n) is 6.79. The molecule has 0 saturated carbocycles. The number of benzene rings is 2. The van der Waals surface area contributed by atoms with E-state index in [-0.39, 0.29) is 36.6 Å². The number of nitrogens with zero attached hydrogens (tertiary/aromatic N) is 1. The Hall–Kier alpha value is -2.70. The minimum atomic E-state index is -0.382. The largest absolute Gasteiger partial charge is 0.461 e. The number of hydroxylamine groups is 2. The van der Waals surface area contributed by atoms with E-state index in [1.807, 2.05) is 36.4 Å². The number of esters is 2. The summed E-state index contributed by atoms with van der Waals surface area (Å²) in [4.78, 5) is 29.9. The molecule has 6 heteroatoms. The molecule has 2 aromatic rings. The van der Waals surface area contributed by atoms with E-state index in [2.05, 4.69) is 0 Å². The zero-order valence-corrected chi connectivity index (χ0v) is 14.8. The third kappa shape index (κ3) is 4.02. The number of rotatable bonds is 6. The molecule has 2 fully saturated rings. The average molecular weight is 367 g/mol. The summed E-state index contributed by atoms with van der Waals surface area (Å²) in [6, 6.07) is 18.5. The fourth-order valence-corrected chi connectivity index (χ4v) is 3.62. The maximum absolute atomic E-state index is 12.3. The maximum atomic E-state index is 12.3. The first kappa shape index (κ1) is 17.7. The standard InChI is InChI=1S/C21H21NO5/c23-20-11-17-18(14-25-21(24)16-9-5-2-6-10-16)22(12-19(17)27-20)26-13-15-7-3-1-4-8-15/h1-10,17-19H,11-14H2/t17-,18-,19+/m1/s1. The molecule has 27 heavy (non-hydrogen) atoms. The molecule has 0 unspecified atom stereocenters. The van der Waals surface area contributed by atoms with Crippen LogP contribution in [0.1, 0.15) is 22.3 Å². The molecular weight excluding hydrogens is 346 g/mol. The van der Waals surface area contributed by atoms with Crippen LogP contribution in [-0.4, -0.2) is 42.3 Å². The maximum Gasteiger partial charge on any atom is 0.338 e. The highest BCUT2D eigenvalue weighted by molar-refractivity contribution is 5.89. The Bertz CT molecular complexity index is 795. The van der Waals surface area contributed by atoms with E-state index in [9.17, 15) is 9.59 Å². The molecule has 6 nitrogen and oxygen atoms in total. The van der Waals surface area contributed by atoms with E-state index in [1.54, 1.807) is 29.3 Å². The minimum absolute atomic E-state index is 0.0307. The molecule has 0 amide bonds. The van der Waals surface area contributed by atoms with Gasteiger partial charge < -0.3 is 9.47 Å². The van der Waals surface area contributed by atoms with Crippen molar-refractivity contribution in [2.45, 2.75) is 25.2 Å². The van der Waals surface area contributed by atoms with Gasteiger partial charge in [0.15, 0.2) is 0 Å². The molecule has 2 heterocycles. The lowest BCUT2D eigenvalue weighted by Crippen LogP contribution is -2.37. The summed E-state index contributed by atoms with van der Waals surface area (Å²) in [5.41, 5.74) is 1.55. The summed E-state index contributed by atoms with van der Waals surface area (Å²) in [5.74, 6) is -0.615. The van der Waals surface area contributed by atoms with Gasteiger partial charge in [-0.3, -0.25) is 9.63 Å². The molecule has 2 aliphatic heterocycles. The van der Waals surface area contributed by atoms with E-state index in [1.165, 1.54) is 0 Å². The summed E-state index contributed by atoms with van der Waals surface area (Å²) < 4.78 is 10.9. The average Bonchev–Trinajstić information content (AvgIpc) is 3.21. The Morgan fingerprint density at radius 1 is 1.07 bits per heavy atom. The van der Waals surface area contributed by atoms with Crippen LogP contribution < -0.4 is 0 Å². The Labute approximate surface area is 157 Å². The highest BCUT2D eigenvalue weighted by Crippen LogP contribution is 2.36. The predicted octanol–water partition coefficient (Wildman–Crippen LogP) is 2.59. The predicted molar refractivity (Wildman–Crippen MR) is 96.4 cm³/mol. The number of ether oxygens (including phenoxy) is 2. The lowest BCUT2D eigenvalue weighted by molar-refractivity contribution is -0.194. The van der Waals surface area contributed by atoms with E-state index in [0.717, 1.165) is 5.56 Å². The smallest absolute Gasteiger partial charge is 0.338 e. The fourth-order valence-electron chi connectivity index (χ4n) is 3.62. The van der Waals surface area contributed by atoms with Crippen molar-refractivity contribution in [2.24, 2.45) is 5.92 Å². The van der Waals surface area contributed by atoms with Crippen LogP contribution in [0, 0.1) is 5.92 Å². The fraction of sp³-hybridized carbons (Fsp3) is 0.333. The van der Waals surface area contributed by atoms with Gasteiger partial charge in [-0.05, 0) is 17.7 Å². The van der Waals surface area contributed by atoms with Gasteiger partial charge in [0.05, 0.1) is 31.2 Å². The van der Waals surface area contributed by atoms with Gasteiger partial charge in [-0.1, -0.05) is 48.5 Å². The van der Waals surface area contributed by atoms with Crippen LogP contribution in [-0.2, 0) is 25.7 Å². The Morgan fingerprint density at radius 2 is 1.78 bits per heavy atom. The third-order valence-corrected chi connectivity index (χ3v) is 5.02. The van der Waals surface area contributed by atoms with Crippen LogP contribution in [0.4, 0.5) is 0 Å². The summed E-state index contributed by atoms with van der Waals surface area (Å²) in [5, 5.41) is 1.80. The quantitative estimate of drug-likeness (QED) is 0.732. The molecule has 4 rings (SSSR count). The molecule has 0 spiro atoms. The molecule has 0 aromatic heterocycles. The second-order valence-corrected chi connectivity index (χ2v) is 6.79. The van der Waals surface area contributed by atoms with Crippen LogP contribution in [0.2, 0.25) is 0 Å². The Kier molecular flexibility index (Phi) is 5.18. The number of hydrogen-bond acceptors (Lipinski definition) is 6. The highest BCUT2D eigenvalue weighted by atomic mass is 16.7. The first-order chi connectivity index (χ1) is 13.2.